The number of ether oxygens (including phenoxy) is 1. The van der Waals surface area contributed by atoms with Crippen LogP contribution in [0, 0.1) is 0 Å². The molecule has 0 amide bonds. The minimum Gasteiger partial charge on any atom is -0.463 e. The second kappa shape index (κ2) is 8.70. The van der Waals surface area contributed by atoms with E-state index in [0.717, 1.165) is 44.2 Å². The fraction of sp³-hybridized carbons (Fsp3) is 0.435. The standard InChI is InChI=1S/C23H27N3O3S/c1-2-29-21(27)23(28,19-11-3-4-12-24-19)14-25-22(30)26-20-17-9-5-7-15(17)13-16-8-6-10-18(16)20/h3-4,11-13,28H,2,5-10,14H2,1H3,(H2,25,26,30). The molecule has 2 aromatic rings. The molecule has 1 aromatic carbocycles. The van der Waals surface area contributed by atoms with Crippen LogP contribution >= 0.6 is 12.2 Å². The van der Waals surface area contributed by atoms with Gasteiger partial charge < -0.3 is 20.5 Å². The molecule has 0 fully saturated rings. The summed E-state index contributed by atoms with van der Waals surface area (Å²) in [6, 6.07) is 7.42. The molecule has 30 heavy (non-hydrogen) atoms. The van der Waals surface area contributed by atoms with E-state index < -0.39 is 11.6 Å². The predicted molar refractivity (Wildman–Crippen MR) is 119 cm³/mol. The summed E-state index contributed by atoms with van der Waals surface area (Å²) in [4.78, 5) is 16.7. The molecule has 1 aromatic heterocycles. The van der Waals surface area contributed by atoms with E-state index in [9.17, 15) is 9.90 Å². The monoisotopic (exact) mass is 425 g/mol. The zero-order chi connectivity index (χ0) is 21.1. The van der Waals surface area contributed by atoms with Crippen molar-refractivity contribution in [3.63, 3.8) is 0 Å². The Kier molecular flexibility index (Phi) is 6.01. The number of carbonyl (C=O) groups is 1. The van der Waals surface area contributed by atoms with Gasteiger partial charge in [-0.15, -0.1) is 0 Å². The number of rotatable bonds is 6. The van der Waals surface area contributed by atoms with Crippen LogP contribution in [-0.4, -0.2) is 34.3 Å². The summed E-state index contributed by atoms with van der Waals surface area (Å²) in [5.41, 5.74) is 4.95. The lowest BCUT2D eigenvalue weighted by Crippen LogP contribution is -2.49. The number of aryl methyl sites for hydroxylation is 2. The van der Waals surface area contributed by atoms with Gasteiger partial charge in [-0.3, -0.25) is 4.98 Å². The Morgan fingerprint density at radius 3 is 2.50 bits per heavy atom. The van der Waals surface area contributed by atoms with Crippen molar-refractivity contribution in [2.45, 2.75) is 51.0 Å². The van der Waals surface area contributed by atoms with E-state index in [-0.39, 0.29) is 18.8 Å². The Labute approximate surface area is 182 Å². The number of hydrogen-bond donors (Lipinski definition) is 3. The van der Waals surface area contributed by atoms with E-state index >= 15 is 0 Å². The normalized spacial score (nSPS) is 16.3. The van der Waals surface area contributed by atoms with Crippen LogP contribution in [0.2, 0.25) is 0 Å². The number of pyridine rings is 1. The fourth-order valence-corrected chi connectivity index (χ4v) is 4.63. The van der Waals surface area contributed by atoms with Gasteiger partial charge in [-0.1, -0.05) is 12.1 Å². The van der Waals surface area contributed by atoms with E-state index in [0.29, 0.717) is 5.11 Å². The first-order chi connectivity index (χ1) is 14.5. The molecule has 4 rings (SSSR count). The number of nitrogens with one attached hydrogen (secondary N) is 2. The van der Waals surface area contributed by atoms with Gasteiger partial charge in [-0.2, -0.15) is 0 Å². The molecule has 0 bridgehead atoms. The zero-order valence-corrected chi connectivity index (χ0v) is 18.0. The van der Waals surface area contributed by atoms with Crippen molar-refractivity contribution >= 4 is 29.0 Å². The van der Waals surface area contributed by atoms with Crippen molar-refractivity contribution < 1.29 is 14.6 Å². The van der Waals surface area contributed by atoms with E-state index in [4.69, 9.17) is 17.0 Å². The van der Waals surface area contributed by atoms with Crippen molar-refractivity contribution in [2.75, 3.05) is 18.5 Å². The van der Waals surface area contributed by atoms with Crippen molar-refractivity contribution in [3.8, 4) is 0 Å². The number of aliphatic hydroxyl groups is 1. The number of fused-ring (bicyclic) bond motifs is 2. The number of nitrogens with zero attached hydrogens (tertiary/aromatic N) is 1. The molecule has 6 nitrogen and oxygen atoms in total. The molecule has 0 spiro atoms. The Morgan fingerprint density at radius 1 is 1.20 bits per heavy atom. The van der Waals surface area contributed by atoms with Crippen LogP contribution in [0.25, 0.3) is 0 Å². The smallest absolute Gasteiger partial charge is 0.346 e. The number of aromatic nitrogens is 1. The highest BCUT2D eigenvalue weighted by molar-refractivity contribution is 7.80. The average Bonchev–Trinajstić information content (AvgIpc) is 3.42. The second-order valence-corrected chi connectivity index (χ2v) is 8.25. The van der Waals surface area contributed by atoms with Crippen LogP contribution in [0.5, 0.6) is 0 Å². The quantitative estimate of drug-likeness (QED) is 0.485. The van der Waals surface area contributed by atoms with Crippen LogP contribution in [0.1, 0.15) is 47.7 Å². The summed E-state index contributed by atoms with van der Waals surface area (Å²) in [6.45, 7) is 1.73. The van der Waals surface area contributed by atoms with Crippen molar-refractivity contribution in [1.29, 1.82) is 0 Å². The lowest BCUT2D eigenvalue weighted by Gasteiger charge is -2.26. The molecule has 1 atom stereocenters. The van der Waals surface area contributed by atoms with E-state index in [1.807, 2.05) is 0 Å². The van der Waals surface area contributed by atoms with Crippen LogP contribution < -0.4 is 10.6 Å². The lowest BCUT2D eigenvalue weighted by atomic mass is 9.98. The van der Waals surface area contributed by atoms with E-state index in [1.165, 1.54) is 28.5 Å². The first kappa shape index (κ1) is 20.8. The van der Waals surface area contributed by atoms with Crippen LogP contribution in [-0.2, 0) is 40.8 Å². The van der Waals surface area contributed by atoms with E-state index in [2.05, 4.69) is 21.7 Å². The molecule has 2 aliphatic carbocycles. The molecule has 7 heteroatoms. The number of thiocarbonyl (C=S) groups is 1. The summed E-state index contributed by atoms with van der Waals surface area (Å²) in [5.74, 6) is -0.750. The first-order valence-corrected chi connectivity index (χ1v) is 11.0. The molecule has 1 unspecified atom stereocenters. The summed E-state index contributed by atoms with van der Waals surface area (Å²) in [5, 5.41) is 17.9. The number of esters is 1. The molecular weight excluding hydrogens is 398 g/mol. The average molecular weight is 426 g/mol. The Balaban J connectivity index is 1.52. The third-order valence-electron chi connectivity index (χ3n) is 5.92. The Morgan fingerprint density at radius 2 is 1.90 bits per heavy atom. The van der Waals surface area contributed by atoms with Gasteiger partial charge in [0.05, 0.1) is 18.8 Å². The molecule has 0 aliphatic heterocycles. The van der Waals surface area contributed by atoms with Gasteiger partial charge in [0, 0.05) is 11.9 Å². The third-order valence-corrected chi connectivity index (χ3v) is 6.16. The first-order valence-electron chi connectivity index (χ1n) is 10.6. The highest BCUT2D eigenvalue weighted by atomic mass is 32.1. The van der Waals surface area contributed by atoms with Gasteiger partial charge in [0.25, 0.3) is 0 Å². The minimum atomic E-state index is -1.93. The molecule has 2 aliphatic rings. The maximum atomic E-state index is 12.5. The molecule has 0 saturated heterocycles. The summed E-state index contributed by atoms with van der Waals surface area (Å²) in [6.07, 6.45) is 8.18. The zero-order valence-electron chi connectivity index (χ0n) is 17.2. The molecule has 1 heterocycles. The molecule has 0 saturated carbocycles. The minimum absolute atomic E-state index is 0.133. The number of hydrogen-bond acceptors (Lipinski definition) is 5. The summed E-state index contributed by atoms with van der Waals surface area (Å²) in [7, 11) is 0. The third kappa shape index (κ3) is 3.91. The summed E-state index contributed by atoms with van der Waals surface area (Å²) >= 11 is 5.54. The molecule has 0 radical (unpaired) electrons. The SMILES string of the molecule is CCOC(=O)C(O)(CNC(=S)Nc1c2c(cc3c1CCC3)CCC2)c1ccccn1. The van der Waals surface area contributed by atoms with Gasteiger partial charge in [-0.05, 0) is 92.1 Å². The van der Waals surface area contributed by atoms with Crippen LogP contribution in [0.4, 0.5) is 5.69 Å². The highest BCUT2D eigenvalue weighted by Crippen LogP contribution is 2.38. The van der Waals surface area contributed by atoms with Crippen molar-refractivity contribution in [1.82, 2.24) is 10.3 Å². The van der Waals surface area contributed by atoms with Crippen molar-refractivity contribution in [3.05, 3.63) is 58.4 Å². The lowest BCUT2D eigenvalue weighted by molar-refractivity contribution is -0.166. The van der Waals surface area contributed by atoms with Gasteiger partial charge >= 0.3 is 5.97 Å². The topological polar surface area (TPSA) is 83.5 Å². The highest BCUT2D eigenvalue weighted by Gasteiger charge is 2.41. The van der Waals surface area contributed by atoms with Crippen LogP contribution in [0.15, 0.2) is 30.5 Å². The Hall–Kier alpha value is -2.51. The molecule has 3 N–H and O–H groups in total. The van der Waals surface area contributed by atoms with E-state index in [1.54, 1.807) is 25.1 Å². The second-order valence-electron chi connectivity index (χ2n) is 7.84. The summed E-state index contributed by atoms with van der Waals surface area (Å²) < 4.78 is 5.10. The fourth-order valence-electron chi connectivity index (χ4n) is 4.46. The van der Waals surface area contributed by atoms with Gasteiger partial charge in [0.15, 0.2) is 5.11 Å². The predicted octanol–water partition coefficient (Wildman–Crippen LogP) is 2.80. The van der Waals surface area contributed by atoms with Crippen LogP contribution in [0.3, 0.4) is 0 Å². The largest absolute Gasteiger partial charge is 0.463 e. The Bertz CT molecular complexity index is 932. The van der Waals surface area contributed by atoms with Gasteiger partial charge in [-0.25, -0.2) is 4.79 Å². The maximum absolute atomic E-state index is 12.5. The molecular formula is C23H27N3O3S. The maximum Gasteiger partial charge on any atom is 0.346 e. The number of anilines is 1. The van der Waals surface area contributed by atoms with Crippen molar-refractivity contribution in [2.24, 2.45) is 0 Å². The number of benzene rings is 1. The van der Waals surface area contributed by atoms with Gasteiger partial charge in [0.2, 0.25) is 5.60 Å². The number of carbonyl (C=O) groups excluding carboxylic acids is 1. The molecule has 158 valence electrons. The van der Waals surface area contributed by atoms with Gasteiger partial charge in [0.1, 0.15) is 0 Å².